The summed E-state index contributed by atoms with van der Waals surface area (Å²) in [7, 11) is 0. The Hall–Kier alpha value is -1.52. The van der Waals surface area contributed by atoms with Gasteiger partial charge in [0.1, 0.15) is 6.61 Å². The van der Waals surface area contributed by atoms with E-state index in [0.29, 0.717) is 13.2 Å². The number of hydrogen-bond donors (Lipinski definition) is 1. The van der Waals surface area contributed by atoms with E-state index < -0.39 is 0 Å². The van der Waals surface area contributed by atoms with E-state index in [-0.39, 0.29) is 0 Å². The number of hydrogen-bond acceptors (Lipinski definition) is 3. The van der Waals surface area contributed by atoms with Crippen molar-refractivity contribution in [3.8, 4) is 11.5 Å². The Morgan fingerprint density at radius 3 is 2.35 bits per heavy atom. The largest absolute Gasteiger partial charge is 0.490 e. The predicted molar refractivity (Wildman–Crippen MR) is 98.2 cm³/mol. The van der Waals surface area contributed by atoms with Crippen molar-refractivity contribution in [2.24, 2.45) is 0 Å². The first-order chi connectivity index (χ1) is 11.1. The second-order valence-corrected chi connectivity index (χ2v) is 6.23. The highest BCUT2D eigenvalue weighted by atomic mass is 79.9. The molecule has 2 aromatic rings. The van der Waals surface area contributed by atoms with Gasteiger partial charge in [0, 0.05) is 11.0 Å². The van der Waals surface area contributed by atoms with Crippen molar-refractivity contribution in [3.63, 3.8) is 0 Å². The van der Waals surface area contributed by atoms with E-state index in [2.05, 4.69) is 59.4 Å². The molecule has 124 valence electrons. The maximum atomic E-state index is 5.98. The number of nitrogens with one attached hydrogen (secondary N) is 1. The Bertz CT molecular complexity index is 626. The van der Waals surface area contributed by atoms with Gasteiger partial charge < -0.3 is 14.8 Å². The zero-order valence-electron chi connectivity index (χ0n) is 14.0. The minimum absolute atomic E-state index is 0.527. The van der Waals surface area contributed by atoms with E-state index >= 15 is 0 Å². The van der Waals surface area contributed by atoms with Gasteiger partial charge in [0.15, 0.2) is 11.5 Å². The molecule has 0 atom stereocenters. The molecule has 0 spiro atoms. The second-order valence-electron chi connectivity index (χ2n) is 5.38. The van der Waals surface area contributed by atoms with Gasteiger partial charge in [-0.1, -0.05) is 52.7 Å². The van der Waals surface area contributed by atoms with Crippen molar-refractivity contribution in [2.45, 2.75) is 33.9 Å². The number of rotatable bonds is 8. The maximum Gasteiger partial charge on any atom is 0.162 e. The summed E-state index contributed by atoms with van der Waals surface area (Å²) in [5.41, 5.74) is 3.56. The molecular formula is C19H24BrNO2. The van der Waals surface area contributed by atoms with Crippen LogP contribution in [0.15, 0.2) is 40.9 Å². The lowest BCUT2D eigenvalue weighted by molar-refractivity contribution is 0.269. The molecular weight excluding hydrogens is 354 g/mol. The summed E-state index contributed by atoms with van der Waals surface area (Å²) in [5, 5.41) is 3.33. The molecule has 0 saturated heterocycles. The fourth-order valence-corrected chi connectivity index (χ4v) is 2.66. The number of benzene rings is 2. The summed E-state index contributed by atoms with van der Waals surface area (Å²) < 4.78 is 12.8. The van der Waals surface area contributed by atoms with Gasteiger partial charge in [-0.05, 0) is 43.7 Å². The van der Waals surface area contributed by atoms with Gasteiger partial charge in [-0.25, -0.2) is 0 Å². The molecule has 4 heteroatoms. The highest BCUT2D eigenvalue weighted by Gasteiger charge is 2.11. The van der Waals surface area contributed by atoms with Crippen LogP contribution in [0.25, 0.3) is 0 Å². The second kappa shape index (κ2) is 8.94. The minimum Gasteiger partial charge on any atom is -0.490 e. The van der Waals surface area contributed by atoms with Gasteiger partial charge in [0.25, 0.3) is 0 Å². The van der Waals surface area contributed by atoms with Crippen molar-refractivity contribution >= 4 is 15.9 Å². The zero-order valence-corrected chi connectivity index (χ0v) is 15.6. The number of ether oxygens (including phenoxy) is 2. The Morgan fingerprint density at radius 2 is 1.70 bits per heavy atom. The highest BCUT2D eigenvalue weighted by molar-refractivity contribution is 9.10. The van der Waals surface area contributed by atoms with Gasteiger partial charge in [-0.3, -0.25) is 0 Å². The van der Waals surface area contributed by atoms with Crippen molar-refractivity contribution < 1.29 is 9.47 Å². The molecule has 2 rings (SSSR count). The maximum absolute atomic E-state index is 5.98. The Balaban J connectivity index is 2.15. The highest BCUT2D eigenvalue weighted by Crippen LogP contribution is 2.34. The van der Waals surface area contributed by atoms with Crippen LogP contribution in [0.1, 0.15) is 30.5 Å². The monoisotopic (exact) mass is 377 g/mol. The third kappa shape index (κ3) is 5.26. The molecule has 0 saturated carbocycles. The van der Waals surface area contributed by atoms with Crippen LogP contribution >= 0.6 is 15.9 Å². The standard InChI is InChI=1S/C19H24BrNO2/c1-4-21-12-16-10-18(22-5-2)19(11-17(16)20)23-13-15-8-6-14(3)7-9-15/h6-11,21H,4-5,12-13H2,1-3H3. The van der Waals surface area contributed by atoms with Crippen molar-refractivity contribution in [1.29, 1.82) is 0 Å². The van der Waals surface area contributed by atoms with Gasteiger partial charge in [-0.2, -0.15) is 0 Å². The molecule has 0 amide bonds. The quantitative estimate of drug-likeness (QED) is 0.713. The van der Waals surface area contributed by atoms with Gasteiger partial charge >= 0.3 is 0 Å². The average Bonchev–Trinajstić information content (AvgIpc) is 2.55. The normalized spacial score (nSPS) is 10.6. The lowest BCUT2D eigenvalue weighted by Gasteiger charge is -2.15. The van der Waals surface area contributed by atoms with Crippen LogP contribution in [0.3, 0.4) is 0 Å². The van der Waals surface area contributed by atoms with Crippen molar-refractivity contribution in [3.05, 3.63) is 57.6 Å². The number of halogens is 1. The average molecular weight is 378 g/mol. The first-order valence-corrected chi connectivity index (χ1v) is 8.77. The smallest absolute Gasteiger partial charge is 0.162 e. The molecule has 0 unspecified atom stereocenters. The Labute approximate surface area is 147 Å². The van der Waals surface area contributed by atoms with Crippen LogP contribution in [-0.4, -0.2) is 13.2 Å². The molecule has 3 nitrogen and oxygen atoms in total. The lowest BCUT2D eigenvalue weighted by atomic mass is 10.1. The third-order valence-electron chi connectivity index (χ3n) is 3.49. The molecule has 0 bridgehead atoms. The first-order valence-electron chi connectivity index (χ1n) is 7.98. The van der Waals surface area contributed by atoms with Gasteiger partial charge in [-0.15, -0.1) is 0 Å². The molecule has 2 aromatic carbocycles. The van der Waals surface area contributed by atoms with E-state index in [0.717, 1.165) is 40.2 Å². The van der Waals surface area contributed by atoms with Gasteiger partial charge in [0.2, 0.25) is 0 Å². The summed E-state index contributed by atoms with van der Waals surface area (Å²) in [5.74, 6) is 1.55. The predicted octanol–water partition coefficient (Wildman–Crippen LogP) is 4.84. The molecule has 0 aliphatic rings. The molecule has 0 aliphatic carbocycles. The molecule has 0 aliphatic heterocycles. The van der Waals surface area contributed by atoms with Crippen LogP contribution < -0.4 is 14.8 Å². The fourth-order valence-electron chi connectivity index (χ4n) is 2.20. The van der Waals surface area contributed by atoms with Crippen LogP contribution in [0.5, 0.6) is 11.5 Å². The first kappa shape index (κ1) is 17.8. The molecule has 0 fully saturated rings. The van der Waals surface area contributed by atoms with Crippen LogP contribution in [-0.2, 0) is 13.2 Å². The topological polar surface area (TPSA) is 30.5 Å². The van der Waals surface area contributed by atoms with E-state index in [1.165, 1.54) is 5.56 Å². The fraction of sp³-hybridized carbons (Fsp3) is 0.368. The third-order valence-corrected chi connectivity index (χ3v) is 4.23. The summed E-state index contributed by atoms with van der Waals surface area (Å²) >= 11 is 3.62. The van der Waals surface area contributed by atoms with E-state index in [4.69, 9.17) is 9.47 Å². The van der Waals surface area contributed by atoms with Crippen molar-refractivity contribution in [1.82, 2.24) is 5.32 Å². The molecule has 0 heterocycles. The molecule has 0 aromatic heterocycles. The SMILES string of the molecule is CCNCc1cc(OCC)c(OCc2ccc(C)cc2)cc1Br. The molecule has 23 heavy (non-hydrogen) atoms. The van der Waals surface area contributed by atoms with Crippen LogP contribution in [0.2, 0.25) is 0 Å². The van der Waals surface area contributed by atoms with Gasteiger partial charge in [0.05, 0.1) is 6.61 Å². The number of aryl methyl sites for hydroxylation is 1. The van der Waals surface area contributed by atoms with Crippen molar-refractivity contribution in [2.75, 3.05) is 13.2 Å². The minimum atomic E-state index is 0.527. The molecule has 1 N–H and O–H groups in total. The summed E-state index contributed by atoms with van der Waals surface area (Å²) in [6.07, 6.45) is 0. The van der Waals surface area contributed by atoms with E-state index in [1.807, 2.05) is 19.1 Å². The lowest BCUT2D eigenvalue weighted by Crippen LogP contribution is -2.12. The van der Waals surface area contributed by atoms with E-state index in [9.17, 15) is 0 Å². The van der Waals surface area contributed by atoms with Crippen LogP contribution in [0, 0.1) is 6.92 Å². The van der Waals surface area contributed by atoms with Crippen LogP contribution in [0.4, 0.5) is 0 Å². The van der Waals surface area contributed by atoms with E-state index in [1.54, 1.807) is 0 Å². The summed E-state index contributed by atoms with van der Waals surface area (Å²) in [4.78, 5) is 0. The Kier molecular flexibility index (Phi) is 6.93. The summed E-state index contributed by atoms with van der Waals surface area (Å²) in [6, 6.07) is 12.4. The molecule has 0 radical (unpaired) electrons. The zero-order chi connectivity index (χ0) is 16.7. The summed E-state index contributed by atoms with van der Waals surface area (Å²) in [6.45, 7) is 9.03. The Morgan fingerprint density at radius 1 is 1.00 bits per heavy atom.